The second kappa shape index (κ2) is 7.06. The summed E-state index contributed by atoms with van der Waals surface area (Å²) in [6.07, 6.45) is 4.42. The largest absolute Gasteiger partial charge is 0.366 e. The third-order valence-corrected chi connectivity index (χ3v) is 5.80. The highest BCUT2D eigenvalue weighted by molar-refractivity contribution is 6.04. The van der Waals surface area contributed by atoms with Gasteiger partial charge in [0.1, 0.15) is 5.52 Å². The average Bonchev–Trinajstić information content (AvgIpc) is 3.11. The zero-order valence-electron chi connectivity index (χ0n) is 16.9. The van der Waals surface area contributed by atoms with Gasteiger partial charge in [-0.15, -0.1) is 0 Å². The van der Waals surface area contributed by atoms with Gasteiger partial charge in [-0.05, 0) is 69.8 Å². The van der Waals surface area contributed by atoms with Crippen LogP contribution in [0, 0.1) is 0 Å². The first-order valence-electron chi connectivity index (χ1n) is 9.96. The highest BCUT2D eigenvalue weighted by Crippen LogP contribution is 2.31. The normalized spacial score (nSPS) is 18.5. The summed E-state index contributed by atoms with van der Waals surface area (Å²) in [5, 5.41) is 5.51. The van der Waals surface area contributed by atoms with Crippen LogP contribution in [0.2, 0.25) is 0 Å². The molecule has 2 aromatic carbocycles. The predicted molar refractivity (Wildman–Crippen MR) is 113 cm³/mol. The zero-order chi connectivity index (χ0) is 19.9. The number of carbonyl (C=O) groups is 1. The lowest BCUT2D eigenvalue weighted by Crippen LogP contribution is -2.46. The molecule has 3 aromatic rings. The Bertz CT molecular complexity index is 998. The number of aromatic nitrogens is 2. The molecule has 1 aliphatic rings. The highest BCUT2D eigenvalue weighted by Gasteiger charge is 2.28. The number of piperidine rings is 1. The third kappa shape index (κ3) is 3.54. The molecule has 0 aliphatic carbocycles. The molecule has 1 aromatic heterocycles. The summed E-state index contributed by atoms with van der Waals surface area (Å²) in [4.78, 5) is 14.2. The van der Waals surface area contributed by atoms with E-state index >= 15 is 0 Å². The Balaban J connectivity index is 1.59. The molecule has 0 saturated carbocycles. The Hall–Kier alpha value is -2.66. The molecule has 2 N–H and O–H groups in total. The first-order chi connectivity index (χ1) is 13.3. The van der Waals surface area contributed by atoms with E-state index in [4.69, 9.17) is 5.73 Å². The molecule has 1 fully saturated rings. The van der Waals surface area contributed by atoms with E-state index in [1.807, 2.05) is 23.0 Å². The molecule has 5 heteroatoms. The second-order valence-electron chi connectivity index (χ2n) is 8.73. The van der Waals surface area contributed by atoms with E-state index in [0.717, 1.165) is 17.6 Å². The smallest absolute Gasteiger partial charge is 0.250 e. The number of nitrogens with zero attached hydrogens (tertiary/aromatic N) is 3. The van der Waals surface area contributed by atoms with Crippen molar-refractivity contribution in [1.29, 1.82) is 0 Å². The summed E-state index contributed by atoms with van der Waals surface area (Å²) in [6.45, 7) is 9.17. The van der Waals surface area contributed by atoms with Gasteiger partial charge in [0, 0.05) is 23.7 Å². The van der Waals surface area contributed by atoms with Gasteiger partial charge in [-0.1, -0.05) is 24.3 Å². The topological polar surface area (TPSA) is 64.2 Å². The number of fused-ring (bicyclic) bond motifs is 1. The molecule has 0 bridgehead atoms. The molecule has 1 unspecified atom stereocenters. The van der Waals surface area contributed by atoms with Crippen LogP contribution in [0.3, 0.4) is 0 Å². The molecule has 28 heavy (non-hydrogen) atoms. The van der Waals surface area contributed by atoms with E-state index < -0.39 is 5.91 Å². The van der Waals surface area contributed by atoms with Crippen molar-refractivity contribution in [3.8, 4) is 5.69 Å². The molecule has 0 spiro atoms. The summed E-state index contributed by atoms with van der Waals surface area (Å²) < 4.78 is 1.82. The summed E-state index contributed by atoms with van der Waals surface area (Å²) >= 11 is 0. The lowest BCUT2D eigenvalue weighted by Gasteiger charge is -2.41. The Kier molecular flexibility index (Phi) is 4.71. The van der Waals surface area contributed by atoms with E-state index in [2.05, 4.69) is 55.0 Å². The Morgan fingerprint density at radius 1 is 1.14 bits per heavy atom. The van der Waals surface area contributed by atoms with Crippen LogP contribution in [0.25, 0.3) is 16.6 Å². The first kappa shape index (κ1) is 18.7. The number of likely N-dealkylation sites (tertiary alicyclic amines) is 1. The minimum atomic E-state index is -0.452. The summed E-state index contributed by atoms with van der Waals surface area (Å²) in [5.74, 6) is 0.118. The van der Waals surface area contributed by atoms with Gasteiger partial charge in [0.05, 0.1) is 11.3 Å². The van der Waals surface area contributed by atoms with Crippen LogP contribution in [-0.2, 0) is 0 Å². The number of hydrogen-bond acceptors (Lipinski definition) is 3. The van der Waals surface area contributed by atoms with E-state index in [-0.39, 0.29) is 5.54 Å². The zero-order valence-corrected chi connectivity index (χ0v) is 16.9. The number of carbonyl (C=O) groups excluding carboxylic acids is 1. The Labute approximate surface area is 166 Å². The second-order valence-corrected chi connectivity index (χ2v) is 8.73. The predicted octanol–water partition coefficient (Wildman–Crippen LogP) is 4.10. The van der Waals surface area contributed by atoms with E-state index in [1.165, 1.54) is 24.9 Å². The number of primary amides is 1. The van der Waals surface area contributed by atoms with Crippen LogP contribution in [0.5, 0.6) is 0 Å². The van der Waals surface area contributed by atoms with Crippen molar-refractivity contribution in [3.63, 3.8) is 0 Å². The number of rotatable bonds is 3. The molecular weight excluding hydrogens is 348 g/mol. The van der Waals surface area contributed by atoms with Gasteiger partial charge in [0.25, 0.3) is 5.91 Å². The molecule has 1 aliphatic heterocycles. The van der Waals surface area contributed by atoms with Crippen LogP contribution in [-0.4, -0.2) is 39.2 Å². The molecule has 146 valence electrons. The lowest BCUT2D eigenvalue weighted by molar-refractivity contribution is 0.0986. The maximum absolute atomic E-state index is 11.6. The third-order valence-electron chi connectivity index (χ3n) is 5.80. The molecule has 5 nitrogen and oxygen atoms in total. The van der Waals surface area contributed by atoms with Crippen molar-refractivity contribution in [1.82, 2.24) is 14.7 Å². The molecule has 1 atom stereocenters. The van der Waals surface area contributed by atoms with Gasteiger partial charge >= 0.3 is 0 Å². The quantitative estimate of drug-likeness (QED) is 0.748. The molecule has 4 rings (SSSR count). The minimum absolute atomic E-state index is 0.214. The molecule has 0 radical (unpaired) electrons. The number of amides is 1. The van der Waals surface area contributed by atoms with E-state index in [9.17, 15) is 4.79 Å². The van der Waals surface area contributed by atoms with Gasteiger partial charge in [-0.2, -0.15) is 5.10 Å². The summed E-state index contributed by atoms with van der Waals surface area (Å²) in [5.41, 5.74) is 9.16. The van der Waals surface area contributed by atoms with Gasteiger partial charge < -0.3 is 5.73 Å². The monoisotopic (exact) mass is 376 g/mol. The SMILES string of the molecule is CC(C)(C)N1CCCC(c2ccc(-n3cc4cccc(C(N)=O)c4n3)cc2)C1. The van der Waals surface area contributed by atoms with Crippen molar-refractivity contribution in [2.45, 2.75) is 45.1 Å². The van der Waals surface area contributed by atoms with Crippen LogP contribution in [0.1, 0.15) is 55.5 Å². The van der Waals surface area contributed by atoms with Crippen molar-refractivity contribution in [3.05, 3.63) is 59.8 Å². The van der Waals surface area contributed by atoms with Crippen LogP contribution >= 0.6 is 0 Å². The number of nitrogens with two attached hydrogens (primary N) is 1. The number of hydrogen-bond donors (Lipinski definition) is 1. The van der Waals surface area contributed by atoms with Crippen LogP contribution in [0.15, 0.2) is 48.7 Å². The van der Waals surface area contributed by atoms with E-state index in [1.54, 1.807) is 6.07 Å². The molecule has 1 saturated heterocycles. The lowest BCUT2D eigenvalue weighted by atomic mass is 9.88. The standard InChI is InChI=1S/C23H28N4O/c1-23(2,3)26-13-5-7-17(14-26)16-9-11-19(12-10-16)27-15-18-6-4-8-20(22(24)28)21(18)25-27/h4,6,8-12,15,17H,5,7,13-14H2,1-3H3,(H2,24,28). The summed E-state index contributed by atoms with van der Waals surface area (Å²) in [7, 11) is 0. The minimum Gasteiger partial charge on any atom is -0.366 e. The van der Waals surface area contributed by atoms with E-state index in [0.29, 0.717) is 17.0 Å². The molecule has 1 amide bonds. The van der Waals surface area contributed by atoms with Crippen molar-refractivity contribution in [2.24, 2.45) is 5.73 Å². The van der Waals surface area contributed by atoms with Crippen LogP contribution in [0.4, 0.5) is 0 Å². The summed E-state index contributed by atoms with van der Waals surface area (Å²) in [6, 6.07) is 14.2. The highest BCUT2D eigenvalue weighted by atomic mass is 16.1. The van der Waals surface area contributed by atoms with Gasteiger partial charge in [-0.25, -0.2) is 4.68 Å². The van der Waals surface area contributed by atoms with Crippen molar-refractivity contribution < 1.29 is 4.79 Å². The average molecular weight is 377 g/mol. The van der Waals surface area contributed by atoms with Gasteiger partial charge in [0.15, 0.2) is 0 Å². The van der Waals surface area contributed by atoms with Crippen molar-refractivity contribution >= 4 is 16.8 Å². The van der Waals surface area contributed by atoms with Crippen LogP contribution < -0.4 is 5.73 Å². The first-order valence-corrected chi connectivity index (χ1v) is 9.96. The molecule has 2 heterocycles. The fourth-order valence-electron chi connectivity index (χ4n) is 4.13. The maximum Gasteiger partial charge on any atom is 0.250 e. The Morgan fingerprint density at radius 2 is 1.89 bits per heavy atom. The van der Waals surface area contributed by atoms with Gasteiger partial charge in [0.2, 0.25) is 0 Å². The number of benzene rings is 2. The molecular formula is C23H28N4O. The maximum atomic E-state index is 11.6. The fraction of sp³-hybridized carbons (Fsp3) is 0.391. The van der Waals surface area contributed by atoms with Gasteiger partial charge in [-0.3, -0.25) is 9.69 Å². The van der Waals surface area contributed by atoms with Crippen molar-refractivity contribution in [2.75, 3.05) is 13.1 Å². The fourth-order valence-corrected chi connectivity index (χ4v) is 4.13. The Morgan fingerprint density at radius 3 is 2.57 bits per heavy atom.